The van der Waals surface area contributed by atoms with Gasteiger partial charge in [-0.3, -0.25) is 23.8 Å². The van der Waals surface area contributed by atoms with Gasteiger partial charge in [-0.25, -0.2) is 9.78 Å². The second kappa shape index (κ2) is 10.3. The summed E-state index contributed by atoms with van der Waals surface area (Å²) in [4.78, 5) is 35.5. The van der Waals surface area contributed by atoms with Crippen molar-refractivity contribution in [3.8, 4) is 22.7 Å². The normalized spacial score (nSPS) is 14.3. The zero-order chi connectivity index (χ0) is 28.6. The molecule has 5 aromatic rings. The molecule has 0 unspecified atom stereocenters. The molecule has 6 heterocycles. The van der Waals surface area contributed by atoms with E-state index in [-0.39, 0.29) is 11.9 Å². The number of nitrogens with zero attached hydrogens (tertiary/aromatic N) is 7. The molecule has 1 amide bonds. The number of anilines is 1. The summed E-state index contributed by atoms with van der Waals surface area (Å²) in [5.74, 6) is -1.98. The van der Waals surface area contributed by atoms with Crippen LogP contribution in [0.1, 0.15) is 25.8 Å². The zero-order valence-corrected chi connectivity index (χ0v) is 21.0. The number of pyridine rings is 1. The lowest BCUT2D eigenvalue weighted by Gasteiger charge is -2.31. The van der Waals surface area contributed by atoms with Crippen LogP contribution in [-0.4, -0.2) is 70.3 Å². The first-order valence-electron chi connectivity index (χ1n) is 12.1. The highest BCUT2D eigenvalue weighted by atomic mass is 19.4. The number of imidazole rings is 1. The average molecular weight is 557 g/mol. The van der Waals surface area contributed by atoms with Crippen LogP contribution in [0, 0.1) is 0 Å². The van der Waals surface area contributed by atoms with Crippen molar-refractivity contribution in [2.45, 2.75) is 32.0 Å². The molecule has 12 nitrogen and oxygen atoms in total. The lowest BCUT2D eigenvalue weighted by molar-refractivity contribution is -0.192. The number of nitrogens with two attached hydrogens (primary N) is 1. The van der Waals surface area contributed by atoms with E-state index in [1.165, 1.54) is 0 Å². The highest BCUT2D eigenvalue weighted by Gasteiger charge is 2.38. The summed E-state index contributed by atoms with van der Waals surface area (Å²) < 4.78 is 41.8. The summed E-state index contributed by atoms with van der Waals surface area (Å²) in [5.41, 5.74) is 10.5. The van der Waals surface area contributed by atoms with Crippen molar-refractivity contribution < 1.29 is 32.3 Å². The van der Waals surface area contributed by atoms with Gasteiger partial charge in [-0.05, 0) is 18.9 Å². The minimum atomic E-state index is -5.08. The summed E-state index contributed by atoms with van der Waals surface area (Å²) >= 11 is 0. The van der Waals surface area contributed by atoms with Crippen LogP contribution in [0.25, 0.3) is 39.3 Å². The van der Waals surface area contributed by atoms with Crippen LogP contribution < -0.4 is 5.73 Å². The molecule has 0 aromatic carbocycles. The summed E-state index contributed by atoms with van der Waals surface area (Å²) in [7, 11) is 0. The highest BCUT2D eigenvalue weighted by molar-refractivity contribution is 5.99. The Morgan fingerprint density at radius 1 is 1.12 bits per heavy atom. The molecule has 0 radical (unpaired) electrons. The smallest absolute Gasteiger partial charge is 0.475 e. The molecular weight excluding hydrogens is 533 g/mol. The number of amides is 1. The van der Waals surface area contributed by atoms with Crippen LogP contribution in [0.2, 0.25) is 0 Å². The van der Waals surface area contributed by atoms with E-state index in [9.17, 15) is 18.0 Å². The van der Waals surface area contributed by atoms with Gasteiger partial charge in [0.15, 0.2) is 17.0 Å². The van der Waals surface area contributed by atoms with Crippen molar-refractivity contribution in [1.29, 1.82) is 0 Å². The first-order chi connectivity index (χ1) is 19.0. The van der Waals surface area contributed by atoms with E-state index in [1.54, 1.807) is 31.7 Å². The fourth-order valence-corrected chi connectivity index (χ4v) is 4.53. The summed E-state index contributed by atoms with van der Waals surface area (Å²) in [6, 6.07) is 2.20. The van der Waals surface area contributed by atoms with E-state index in [4.69, 9.17) is 20.1 Å². The zero-order valence-electron chi connectivity index (χ0n) is 21.0. The van der Waals surface area contributed by atoms with E-state index in [1.807, 2.05) is 38.6 Å². The monoisotopic (exact) mass is 556 g/mol. The maximum atomic E-state index is 11.6. The molecule has 0 spiro atoms. The van der Waals surface area contributed by atoms with Gasteiger partial charge in [-0.1, -0.05) is 0 Å². The number of rotatable bonds is 3. The van der Waals surface area contributed by atoms with Gasteiger partial charge < -0.3 is 20.2 Å². The number of furan rings is 1. The molecule has 0 bridgehead atoms. The van der Waals surface area contributed by atoms with Crippen LogP contribution >= 0.6 is 0 Å². The molecule has 40 heavy (non-hydrogen) atoms. The number of nitrogen functional groups attached to an aromatic ring is 1. The molecule has 6 rings (SSSR count). The lowest BCUT2D eigenvalue weighted by atomic mass is 10.1. The third-order valence-corrected chi connectivity index (χ3v) is 6.55. The molecule has 208 valence electrons. The first kappa shape index (κ1) is 26.6. The van der Waals surface area contributed by atoms with Crippen molar-refractivity contribution >= 4 is 34.2 Å². The molecule has 0 saturated carbocycles. The number of carboxylic acid groups (broad SMARTS) is 1. The molecule has 0 aliphatic carbocycles. The number of likely N-dealkylation sites (tertiary alicyclic amines) is 1. The van der Waals surface area contributed by atoms with Crippen molar-refractivity contribution in [3.63, 3.8) is 0 Å². The Bertz CT molecular complexity index is 1700. The quantitative estimate of drug-likeness (QED) is 0.337. The van der Waals surface area contributed by atoms with E-state index >= 15 is 0 Å². The predicted octanol–water partition coefficient (Wildman–Crippen LogP) is 3.80. The number of hydrogen-bond acceptors (Lipinski definition) is 8. The van der Waals surface area contributed by atoms with E-state index in [0.29, 0.717) is 17.0 Å². The van der Waals surface area contributed by atoms with Gasteiger partial charge in [0.05, 0.1) is 42.2 Å². The van der Waals surface area contributed by atoms with Crippen molar-refractivity contribution in [2.75, 3.05) is 18.8 Å². The fraction of sp³-hybridized carbons (Fsp3) is 0.280. The number of carbonyl (C=O) groups is 2. The van der Waals surface area contributed by atoms with Gasteiger partial charge in [-0.2, -0.15) is 18.3 Å². The third-order valence-electron chi connectivity index (χ3n) is 6.55. The number of carbonyl (C=O) groups excluding carboxylic acids is 1. The number of aromatic nitrogens is 6. The maximum Gasteiger partial charge on any atom is 0.490 e. The van der Waals surface area contributed by atoms with Gasteiger partial charge >= 0.3 is 12.1 Å². The Kier molecular flexibility index (Phi) is 6.87. The number of carboxylic acids is 1. The lowest BCUT2D eigenvalue weighted by Crippen LogP contribution is -2.37. The first-order valence-corrected chi connectivity index (χ1v) is 12.1. The van der Waals surface area contributed by atoms with Gasteiger partial charge in [0, 0.05) is 49.6 Å². The number of piperidine rings is 1. The highest BCUT2D eigenvalue weighted by Crippen LogP contribution is 2.36. The maximum absolute atomic E-state index is 11.6. The number of halogens is 3. The summed E-state index contributed by atoms with van der Waals surface area (Å²) in [6.45, 7) is 3.12. The minimum absolute atomic E-state index is 0.126. The van der Waals surface area contributed by atoms with Crippen LogP contribution in [0.5, 0.6) is 0 Å². The average Bonchev–Trinajstić information content (AvgIpc) is 3.67. The molecule has 5 aromatic heterocycles. The minimum Gasteiger partial charge on any atom is -0.475 e. The molecule has 1 saturated heterocycles. The fourth-order valence-electron chi connectivity index (χ4n) is 4.53. The second-order valence-corrected chi connectivity index (χ2v) is 9.11. The Labute approximate surface area is 223 Å². The van der Waals surface area contributed by atoms with Gasteiger partial charge in [0.1, 0.15) is 5.69 Å². The Balaban J connectivity index is 0.000000411. The largest absolute Gasteiger partial charge is 0.490 e. The molecule has 0 atom stereocenters. The van der Waals surface area contributed by atoms with Crippen LogP contribution in [0.4, 0.5) is 18.9 Å². The van der Waals surface area contributed by atoms with Gasteiger partial charge in [0.25, 0.3) is 0 Å². The number of fused-ring (bicyclic) bond motifs is 2. The van der Waals surface area contributed by atoms with Crippen molar-refractivity contribution in [3.05, 3.63) is 49.4 Å². The molecule has 3 N–H and O–H groups in total. The molecule has 1 aliphatic heterocycles. The third kappa shape index (κ3) is 5.17. The van der Waals surface area contributed by atoms with Crippen LogP contribution in [0.15, 0.2) is 53.9 Å². The standard InChI is InChI=1S/C23H22N8O2.C2HF3O2/c1-14(32)29-5-2-16(3-6-29)31-13-15(9-28-31)22-17-8-20(33-23(17)18(24)10-27-22)19-11-26-21-12-25-4-7-30(19)21;3-2(4,5)1(6)7/h4,7-13,16H,2-3,5-6,24H2,1H3;(H,6,7). The van der Waals surface area contributed by atoms with Crippen molar-refractivity contribution in [2.24, 2.45) is 0 Å². The second-order valence-electron chi connectivity index (χ2n) is 9.11. The van der Waals surface area contributed by atoms with E-state index in [0.717, 1.165) is 53.9 Å². The van der Waals surface area contributed by atoms with Crippen LogP contribution in [0.3, 0.4) is 0 Å². The van der Waals surface area contributed by atoms with Gasteiger partial charge in [-0.15, -0.1) is 0 Å². The van der Waals surface area contributed by atoms with E-state index < -0.39 is 12.1 Å². The molecule has 1 fully saturated rings. The Morgan fingerprint density at radius 3 is 2.52 bits per heavy atom. The van der Waals surface area contributed by atoms with Gasteiger partial charge in [0.2, 0.25) is 5.91 Å². The SMILES string of the molecule is CC(=O)N1CCC(n2cc(-c3ncc(N)c4oc(-c5cnc6cnccn56)cc34)cn2)CC1.O=C(O)C(F)(F)F. The van der Waals surface area contributed by atoms with Crippen LogP contribution in [-0.2, 0) is 9.59 Å². The molecular formula is C25H23F3N8O4. The number of hydrogen-bond donors (Lipinski definition) is 2. The summed E-state index contributed by atoms with van der Waals surface area (Å²) in [5, 5.41) is 12.5. The van der Waals surface area contributed by atoms with E-state index in [2.05, 4.69) is 20.1 Å². The number of aliphatic carboxylic acids is 1. The molecule has 1 aliphatic rings. The predicted molar refractivity (Wildman–Crippen MR) is 136 cm³/mol. The Hall–Kier alpha value is -4.95. The topological polar surface area (TPSA) is 158 Å². The Morgan fingerprint density at radius 2 is 1.85 bits per heavy atom. The molecule has 15 heteroatoms. The van der Waals surface area contributed by atoms with Crippen molar-refractivity contribution in [1.82, 2.24) is 34.0 Å². The number of alkyl halides is 3. The summed E-state index contributed by atoms with van der Waals surface area (Å²) in [6.07, 6.45) is 9.12.